The lowest BCUT2D eigenvalue weighted by molar-refractivity contribution is -0.153. The highest BCUT2D eigenvalue weighted by atomic mass is 35.5. The van der Waals surface area contributed by atoms with E-state index in [1.807, 2.05) is 0 Å². The Bertz CT molecular complexity index is 520. The van der Waals surface area contributed by atoms with Gasteiger partial charge in [0, 0.05) is 13.1 Å². The van der Waals surface area contributed by atoms with Crippen molar-refractivity contribution >= 4 is 18.3 Å². The molecule has 9 heteroatoms. The molecule has 2 unspecified atom stereocenters. The predicted octanol–water partition coefficient (Wildman–Crippen LogP) is 2.22. The Morgan fingerprint density at radius 3 is 2.62 bits per heavy atom. The number of hydrogen-bond donors (Lipinski definition) is 2. The molecule has 1 aliphatic heterocycles. The van der Waals surface area contributed by atoms with E-state index in [0.29, 0.717) is 13.2 Å². The molecule has 136 valence electrons. The van der Waals surface area contributed by atoms with Gasteiger partial charge in [0.15, 0.2) is 6.61 Å². The Balaban J connectivity index is 0.00000288. The lowest BCUT2D eigenvalue weighted by atomic mass is 10.1. The third-order valence-corrected chi connectivity index (χ3v) is 3.36. The van der Waals surface area contributed by atoms with Gasteiger partial charge in [0.25, 0.3) is 5.91 Å². The molecule has 1 amide bonds. The quantitative estimate of drug-likeness (QED) is 0.836. The number of halogens is 4. The minimum atomic E-state index is -4.37. The number of amides is 1. The van der Waals surface area contributed by atoms with Gasteiger partial charge in [-0.05, 0) is 24.6 Å². The fourth-order valence-corrected chi connectivity index (χ4v) is 2.14. The van der Waals surface area contributed by atoms with Crippen LogP contribution in [0.15, 0.2) is 24.3 Å². The van der Waals surface area contributed by atoms with Gasteiger partial charge in [-0.3, -0.25) is 4.79 Å². The Labute approximate surface area is 144 Å². The lowest BCUT2D eigenvalue weighted by Gasteiger charge is -2.24. The molecule has 0 aromatic heterocycles. The molecule has 0 radical (unpaired) electrons. The largest absolute Gasteiger partial charge is 0.484 e. The summed E-state index contributed by atoms with van der Waals surface area (Å²) in [6.07, 6.45) is -4.89. The molecule has 1 aliphatic rings. The zero-order valence-corrected chi connectivity index (χ0v) is 13.9. The summed E-state index contributed by atoms with van der Waals surface area (Å²) in [5.41, 5.74) is 0.765. The van der Waals surface area contributed by atoms with Crippen LogP contribution in [0, 0.1) is 0 Å². The van der Waals surface area contributed by atoms with Crippen molar-refractivity contribution in [1.82, 2.24) is 10.6 Å². The van der Waals surface area contributed by atoms with E-state index >= 15 is 0 Å². The Kier molecular flexibility index (Phi) is 7.78. The first kappa shape index (κ1) is 20.5. The molecule has 1 aromatic carbocycles. The van der Waals surface area contributed by atoms with Crippen molar-refractivity contribution < 1.29 is 27.4 Å². The first-order valence-electron chi connectivity index (χ1n) is 7.27. The van der Waals surface area contributed by atoms with Crippen molar-refractivity contribution in [2.24, 2.45) is 0 Å². The zero-order valence-electron chi connectivity index (χ0n) is 13.1. The molecule has 0 bridgehead atoms. The van der Waals surface area contributed by atoms with Crippen molar-refractivity contribution in [3.05, 3.63) is 29.8 Å². The highest BCUT2D eigenvalue weighted by molar-refractivity contribution is 5.85. The molecular formula is C15H20ClF3N2O3. The topological polar surface area (TPSA) is 59.6 Å². The zero-order chi connectivity index (χ0) is 16.9. The number of carbonyl (C=O) groups is 1. The fourth-order valence-electron chi connectivity index (χ4n) is 2.14. The first-order valence-corrected chi connectivity index (χ1v) is 7.27. The number of benzene rings is 1. The van der Waals surface area contributed by atoms with Crippen LogP contribution in [-0.2, 0) is 9.53 Å². The lowest BCUT2D eigenvalue weighted by Crippen LogP contribution is -2.48. The first-order chi connectivity index (χ1) is 10.8. The smallest absolute Gasteiger partial charge is 0.422 e. The molecule has 2 atom stereocenters. The fraction of sp³-hybridized carbons (Fsp3) is 0.533. The van der Waals surface area contributed by atoms with Crippen molar-refractivity contribution in [2.45, 2.75) is 25.2 Å². The molecule has 1 heterocycles. The maximum atomic E-state index is 12.1. The van der Waals surface area contributed by atoms with E-state index in [4.69, 9.17) is 4.74 Å². The minimum Gasteiger partial charge on any atom is -0.484 e. The maximum Gasteiger partial charge on any atom is 0.422 e. The van der Waals surface area contributed by atoms with E-state index in [-0.39, 0.29) is 30.1 Å². The summed E-state index contributed by atoms with van der Waals surface area (Å²) in [7, 11) is 0. The highest BCUT2D eigenvalue weighted by Crippen LogP contribution is 2.21. The normalized spacial score (nSPS) is 19.1. The molecule has 1 fully saturated rings. The molecule has 2 N–H and O–H groups in total. The molecule has 0 saturated carbocycles. The number of alkyl halides is 3. The standard InChI is InChI=1S/C15H19F3N2O3.ClH/c1-10(20-14(21)13-8-19-6-7-22-13)11-2-4-12(5-3-11)23-9-15(16,17)18;/h2-5,10,13,19H,6-9H2,1H3,(H,20,21);1H. The summed E-state index contributed by atoms with van der Waals surface area (Å²) in [4.78, 5) is 12.0. The summed E-state index contributed by atoms with van der Waals surface area (Å²) >= 11 is 0. The Morgan fingerprint density at radius 2 is 2.08 bits per heavy atom. The van der Waals surface area contributed by atoms with Crippen LogP contribution < -0.4 is 15.4 Å². The van der Waals surface area contributed by atoms with Gasteiger partial charge in [-0.2, -0.15) is 13.2 Å². The van der Waals surface area contributed by atoms with Crippen LogP contribution in [0.3, 0.4) is 0 Å². The number of carbonyl (C=O) groups excluding carboxylic acids is 1. The molecule has 1 aromatic rings. The third kappa shape index (κ3) is 6.54. The van der Waals surface area contributed by atoms with E-state index in [0.717, 1.165) is 12.1 Å². The number of rotatable bonds is 5. The van der Waals surface area contributed by atoms with E-state index in [9.17, 15) is 18.0 Å². The van der Waals surface area contributed by atoms with Crippen LogP contribution in [0.4, 0.5) is 13.2 Å². The van der Waals surface area contributed by atoms with Crippen molar-refractivity contribution in [3.8, 4) is 5.75 Å². The second-order valence-corrected chi connectivity index (χ2v) is 5.27. The van der Waals surface area contributed by atoms with Crippen molar-refractivity contribution in [2.75, 3.05) is 26.3 Å². The molecule has 5 nitrogen and oxygen atoms in total. The van der Waals surface area contributed by atoms with Crippen molar-refractivity contribution in [1.29, 1.82) is 0 Å². The highest BCUT2D eigenvalue weighted by Gasteiger charge is 2.28. The monoisotopic (exact) mass is 368 g/mol. The Morgan fingerprint density at radius 1 is 1.42 bits per heavy atom. The second kappa shape index (κ2) is 9.10. The second-order valence-electron chi connectivity index (χ2n) is 5.27. The minimum absolute atomic E-state index is 0. The number of nitrogens with one attached hydrogen (secondary N) is 2. The van der Waals surface area contributed by atoms with Crippen LogP contribution >= 0.6 is 12.4 Å². The van der Waals surface area contributed by atoms with Crippen LogP contribution in [0.1, 0.15) is 18.5 Å². The van der Waals surface area contributed by atoms with E-state index in [1.54, 1.807) is 19.1 Å². The van der Waals surface area contributed by atoms with Gasteiger partial charge in [-0.15, -0.1) is 12.4 Å². The van der Waals surface area contributed by atoms with Gasteiger partial charge in [-0.1, -0.05) is 12.1 Å². The molecule has 0 aliphatic carbocycles. The van der Waals surface area contributed by atoms with Gasteiger partial charge in [0.1, 0.15) is 11.9 Å². The summed E-state index contributed by atoms with van der Waals surface area (Å²) < 4.78 is 46.2. The predicted molar refractivity (Wildman–Crippen MR) is 84.4 cm³/mol. The van der Waals surface area contributed by atoms with Crippen LogP contribution in [-0.4, -0.2) is 44.5 Å². The van der Waals surface area contributed by atoms with Gasteiger partial charge in [0.2, 0.25) is 0 Å². The summed E-state index contributed by atoms with van der Waals surface area (Å²) in [5.74, 6) is -0.0912. The van der Waals surface area contributed by atoms with Crippen LogP contribution in [0.2, 0.25) is 0 Å². The molecule has 1 saturated heterocycles. The number of ether oxygens (including phenoxy) is 2. The summed E-state index contributed by atoms with van der Waals surface area (Å²) in [6, 6.07) is 5.85. The van der Waals surface area contributed by atoms with Crippen LogP contribution in [0.25, 0.3) is 0 Å². The van der Waals surface area contributed by atoms with Gasteiger partial charge in [0.05, 0.1) is 12.6 Å². The molecule has 2 rings (SSSR count). The summed E-state index contributed by atoms with van der Waals surface area (Å²) in [5, 5.41) is 5.88. The maximum absolute atomic E-state index is 12.1. The van der Waals surface area contributed by atoms with E-state index in [2.05, 4.69) is 15.4 Å². The number of hydrogen-bond acceptors (Lipinski definition) is 4. The van der Waals surface area contributed by atoms with Gasteiger partial charge >= 0.3 is 6.18 Å². The molecule has 24 heavy (non-hydrogen) atoms. The van der Waals surface area contributed by atoms with Crippen LogP contribution in [0.5, 0.6) is 5.75 Å². The van der Waals surface area contributed by atoms with Gasteiger partial charge < -0.3 is 20.1 Å². The Hall–Kier alpha value is -1.51. The SMILES string of the molecule is CC(NC(=O)C1CNCCO1)c1ccc(OCC(F)(F)F)cc1.Cl. The molecular weight excluding hydrogens is 349 g/mol. The third-order valence-electron chi connectivity index (χ3n) is 3.36. The van der Waals surface area contributed by atoms with Gasteiger partial charge in [-0.25, -0.2) is 0 Å². The van der Waals surface area contributed by atoms with Crippen molar-refractivity contribution in [3.63, 3.8) is 0 Å². The average molecular weight is 369 g/mol. The van der Waals surface area contributed by atoms with E-state index < -0.39 is 18.9 Å². The summed E-state index contributed by atoms with van der Waals surface area (Å²) in [6.45, 7) is 2.13. The number of morpholine rings is 1. The van der Waals surface area contributed by atoms with E-state index in [1.165, 1.54) is 12.1 Å². The average Bonchev–Trinajstić information content (AvgIpc) is 2.53. The molecule has 0 spiro atoms.